The molecule has 0 N–H and O–H groups in total. The van der Waals surface area contributed by atoms with Gasteiger partial charge in [0.1, 0.15) is 5.60 Å². The molecule has 0 fully saturated rings. The molecule has 0 aromatic carbocycles. The second kappa shape index (κ2) is 5.16. The SMILES string of the molecule is CC(C)c1cc2c(s1)CCN(C(=O)OC(C)(C)C)C2. The van der Waals surface area contributed by atoms with E-state index in [1.165, 1.54) is 15.3 Å². The first kappa shape index (κ1) is 14.4. The van der Waals surface area contributed by atoms with Gasteiger partial charge in [-0.1, -0.05) is 13.8 Å². The number of nitrogens with zero attached hydrogens (tertiary/aromatic N) is 1. The number of hydrogen-bond donors (Lipinski definition) is 0. The molecule has 19 heavy (non-hydrogen) atoms. The molecule has 3 nitrogen and oxygen atoms in total. The summed E-state index contributed by atoms with van der Waals surface area (Å²) in [5, 5.41) is 0. The third kappa shape index (κ3) is 3.50. The second-order valence-corrected chi connectivity index (χ2v) is 7.57. The predicted octanol–water partition coefficient (Wildman–Crippen LogP) is 4.16. The van der Waals surface area contributed by atoms with Gasteiger partial charge in [0.2, 0.25) is 0 Å². The van der Waals surface area contributed by atoms with E-state index in [4.69, 9.17) is 4.74 Å². The fourth-order valence-electron chi connectivity index (χ4n) is 2.12. The van der Waals surface area contributed by atoms with Crippen LogP contribution in [0.5, 0.6) is 0 Å². The van der Waals surface area contributed by atoms with Gasteiger partial charge in [-0.2, -0.15) is 0 Å². The quantitative estimate of drug-likeness (QED) is 0.773. The Labute approximate surface area is 119 Å². The average Bonchev–Trinajstić information content (AvgIpc) is 2.69. The van der Waals surface area contributed by atoms with Crippen LogP contribution >= 0.6 is 11.3 Å². The summed E-state index contributed by atoms with van der Waals surface area (Å²) in [6.45, 7) is 11.6. The van der Waals surface area contributed by atoms with E-state index in [2.05, 4.69) is 19.9 Å². The maximum absolute atomic E-state index is 12.1. The lowest BCUT2D eigenvalue weighted by Crippen LogP contribution is -2.39. The first-order valence-electron chi connectivity index (χ1n) is 6.85. The first-order valence-corrected chi connectivity index (χ1v) is 7.67. The highest BCUT2D eigenvalue weighted by Crippen LogP contribution is 2.32. The topological polar surface area (TPSA) is 29.5 Å². The number of fused-ring (bicyclic) bond motifs is 1. The molecule has 1 aromatic rings. The average molecular weight is 281 g/mol. The highest BCUT2D eigenvalue weighted by atomic mass is 32.1. The third-order valence-corrected chi connectivity index (χ3v) is 4.64. The molecule has 1 aliphatic heterocycles. The van der Waals surface area contributed by atoms with Gasteiger partial charge in [0.05, 0.1) is 6.54 Å². The Kier molecular flexibility index (Phi) is 3.90. The first-order chi connectivity index (χ1) is 8.76. The minimum atomic E-state index is -0.422. The summed E-state index contributed by atoms with van der Waals surface area (Å²) in [5.41, 5.74) is 0.876. The van der Waals surface area contributed by atoms with Crippen molar-refractivity contribution in [3.63, 3.8) is 0 Å². The Morgan fingerprint density at radius 3 is 2.68 bits per heavy atom. The minimum Gasteiger partial charge on any atom is -0.444 e. The van der Waals surface area contributed by atoms with Crippen LogP contribution in [0.15, 0.2) is 6.07 Å². The molecule has 2 rings (SSSR count). The van der Waals surface area contributed by atoms with E-state index in [-0.39, 0.29) is 6.09 Å². The summed E-state index contributed by atoms with van der Waals surface area (Å²) in [6, 6.07) is 2.25. The fourth-order valence-corrected chi connectivity index (χ4v) is 3.29. The van der Waals surface area contributed by atoms with Crippen molar-refractivity contribution in [2.45, 2.75) is 59.1 Å². The predicted molar refractivity (Wildman–Crippen MR) is 78.8 cm³/mol. The van der Waals surface area contributed by atoms with Crippen LogP contribution in [0.1, 0.15) is 55.9 Å². The Balaban J connectivity index is 2.07. The minimum absolute atomic E-state index is 0.199. The van der Waals surface area contributed by atoms with E-state index in [0.717, 1.165) is 13.0 Å². The van der Waals surface area contributed by atoms with Crippen LogP contribution in [-0.2, 0) is 17.7 Å². The number of ether oxygens (including phenoxy) is 1. The summed E-state index contributed by atoms with van der Waals surface area (Å²) < 4.78 is 5.44. The lowest BCUT2D eigenvalue weighted by atomic mass is 10.1. The Morgan fingerprint density at radius 2 is 2.11 bits per heavy atom. The van der Waals surface area contributed by atoms with Crippen molar-refractivity contribution >= 4 is 17.4 Å². The summed E-state index contributed by atoms with van der Waals surface area (Å²) in [7, 11) is 0. The molecule has 1 aromatic heterocycles. The molecule has 1 amide bonds. The molecule has 0 aliphatic carbocycles. The Morgan fingerprint density at radius 1 is 1.42 bits per heavy atom. The van der Waals surface area contributed by atoms with E-state index < -0.39 is 5.60 Å². The number of hydrogen-bond acceptors (Lipinski definition) is 3. The van der Waals surface area contributed by atoms with Crippen LogP contribution in [0.3, 0.4) is 0 Å². The monoisotopic (exact) mass is 281 g/mol. The van der Waals surface area contributed by atoms with Crippen molar-refractivity contribution in [2.75, 3.05) is 6.54 Å². The van der Waals surface area contributed by atoms with Gasteiger partial charge >= 0.3 is 6.09 Å². The Bertz CT molecular complexity index is 471. The maximum atomic E-state index is 12.1. The van der Waals surface area contributed by atoms with Gasteiger partial charge in [0.25, 0.3) is 0 Å². The van der Waals surface area contributed by atoms with Gasteiger partial charge in [-0.15, -0.1) is 11.3 Å². The van der Waals surface area contributed by atoms with Crippen LogP contribution < -0.4 is 0 Å². The van der Waals surface area contributed by atoms with Crippen LogP contribution in [0.25, 0.3) is 0 Å². The smallest absolute Gasteiger partial charge is 0.410 e. The summed E-state index contributed by atoms with van der Waals surface area (Å²) in [5.74, 6) is 0.561. The second-order valence-electron chi connectivity index (χ2n) is 6.40. The molecule has 0 saturated carbocycles. The number of carbonyl (C=O) groups excluding carboxylic acids is 1. The largest absolute Gasteiger partial charge is 0.444 e. The molecule has 0 bridgehead atoms. The highest BCUT2D eigenvalue weighted by molar-refractivity contribution is 7.12. The third-order valence-electron chi connectivity index (χ3n) is 3.11. The summed E-state index contributed by atoms with van der Waals surface area (Å²) in [6.07, 6.45) is 0.752. The molecule has 2 heterocycles. The lowest BCUT2D eigenvalue weighted by molar-refractivity contribution is 0.0225. The van der Waals surface area contributed by atoms with Crippen molar-refractivity contribution in [2.24, 2.45) is 0 Å². The Hall–Kier alpha value is -1.03. The van der Waals surface area contributed by atoms with Gasteiger partial charge in [0.15, 0.2) is 0 Å². The van der Waals surface area contributed by atoms with Crippen molar-refractivity contribution in [1.82, 2.24) is 4.90 Å². The zero-order valence-corrected chi connectivity index (χ0v) is 13.3. The van der Waals surface area contributed by atoms with Crippen molar-refractivity contribution in [3.8, 4) is 0 Å². The van der Waals surface area contributed by atoms with Gasteiger partial charge in [-0.25, -0.2) is 4.79 Å². The van der Waals surface area contributed by atoms with E-state index in [9.17, 15) is 4.79 Å². The van der Waals surface area contributed by atoms with Crippen LogP contribution in [0.4, 0.5) is 4.79 Å². The van der Waals surface area contributed by atoms with Crippen LogP contribution in [-0.4, -0.2) is 23.1 Å². The van der Waals surface area contributed by atoms with Gasteiger partial charge in [-0.3, -0.25) is 0 Å². The highest BCUT2D eigenvalue weighted by Gasteiger charge is 2.27. The van der Waals surface area contributed by atoms with Crippen molar-refractivity contribution < 1.29 is 9.53 Å². The molecule has 0 saturated heterocycles. The number of thiophene rings is 1. The number of rotatable bonds is 1. The standard InChI is InChI=1S/C15H23NO2S/c1-10(2)13-8-11-9-16(7-6-12(11)19-13)14(17)18-15(3,4)5/h8,10H,6-7,9H2,1-5H3. The number of amides is 1. The zero-order valence-electron chi connectivity index (χ0n) is 12.4. The molecule has 0 spiro atoms. The molecule has 4 heteroatoms. The maximum Gasteiger partial charge on any atom is 0.410 e. The molecule has 106 valence electrons. The van der Waals surface area contributed by atoms with Gasteiger partial charge < -0.3 is 9.64 Å². The molecular formula is C15H23NO2S. The van der Waals surface area contributed by atoms with Crippen LogP contribution in [0.2, 0.25) is 0 Å². The summed E-state index contributed by atoms with van der Waals surface area (Å²) in [4.78, 5) is 16.7. The fraction of sp³-hybridized carbons (Fsp3) is 0.667. The molecule has 0 unspecified atom stereocenters. The van der Waals surface area contributed by atoms with Gasteiger partial charge in [-0.05, 0) is 44.7 Å². The lowest BCUT2D eigenvalue weighted by Gasteiger charge is -2.29. The van der Waals surface area contributed by atoms with Crippen molar-refractivity contribution in [1.29, 1.82) is 0 Å². The molecule has 0 atom stereocenters. The van der Waals surface area contributed by atoms with E-state index in [1.807, 2.05) is 37.0 Å². The van der Waals surface area contributed by atoms with E-state index in [0.29, 0.717) is 12.5 Å². The number of carbonyl (C=O) groups is 1. The summed E-state index contributed by atoms with van der Waals surface area (Å²) >= 11 is 1.89. The van der Waals surface area contributed by atoms with Crippen LogP contribution in [0, 0.1) is 0 Å². The van der Waals surface area contributed by atoms with E-state index in [1.54, 1.807) is 0 Å². The van der Waals surface area contributed by atoms with Crippen molar-refractivity contribution in [3.05, 3.63) is 21.4 Å². The molecule has 0 radical (unpaired) electrons. The van der Waals surface area contributed by atoms with Gasteiger partial charge in [0, 0.05) is 16.3 Å². The normalized spacial score (nSPS) is 15.6. The molecule has 1 aliphatic rings. The zero-order chi connectivity index (χ0) is 14.2. The van der Waals surface area contributed by atoms with E-state index >= 15 is 0 Å². The molecular weight excluding hydrogens is 258 g/mol.